The number of benzene rings is 1. The van der Waals surface area contributed by atoms with Crippen molar-refractivity contribution in [2.45, 2.75) is 18.9 Å². The number of hydrogen-bond acceptors (Lipinski definition) is 3. The van der Waals surface area contributed by atoms with E-state index in [2.05, 4.69) is 31.2 Å². The largest absolute Gasteiger partial charge is 0.351 e. The molecule has 0 saturated heterocycles. The Labute approximate surface area is 113 Å². The molecule has 3 nitrogen and oxygen atoms in total. The quantitative estimate of drug-likeness (QED) is 0.941. The monoisotopic (exact) mass is 307 g/mol. The van der Waals surface area contributed by atoms with E-state index in [1.807, 2.05) is 6.07 Å². The third kappa shape index (κ3) is 2.51. The van der Waals surface area contributed by atoms with Gasteiger partial charge in [-0.3, -0.25) is 0 Å². The minimum Gasteiger partial charge on any atom is -0.351 e. The molecule has 0 radical (unpaired) electrons. The van der Waals surface area contributed by atoms with Gasteiger partial charge in [-0.1, -0.05) is 0 Å². The zero-order chi connectivity index (χ0) is 12.5. The number of anilines is 1. The topological polar surface area (TPSA) is 37.8 Å². The van der Waals surface area contributed by atoms with Crippen LogP contribution >= 0.6 is 15.9 Å². The van der Waals surface area contributed by atoms with Crippen molar-refractivity contribution in [1.82, 2.24) is 9.97 Å². The Balaban J connectivity index is 1.92. The summed E-state index contributed by atoms with van der Waals surface area (Å²) in [6.07, 6.45) is 4.07. The van der Waals surface area contributed by atoms with Crippen LogP contribution in [0.25, 0.3) is 11.3 Å². The van der Waals surface area contributed by atoms with Crippen LogP contribution in [0.5, 0.6) is 0 Å². The second-order valence-corrected chi connectivity index (χ2v) is 5.17. The van der Waals surface area contributed by atoms with Gasteiger partial charge in [-0.15, -0.1) is 0 Å². The van der Waals surface area contributed by atoms with Crippen molar-refractivity contribution in [1.29, 1.82) is 0 Å². The highest BCUT2D eigenvalue weighted by molar-refractivity contribution is 9.10. The molecule has 0 unspecified atom stereocenters. The van der Waals surface area contributed by atoms with Crippen LogP contribution in [0.1, 0.15) is 12.8 Å². The van der Waals surface area contributed by atoms with Crippen LogP contribution in [-0.4, -0.2) is 16.0 Å². The number of nitrogens with one attached hydrogen (secondary N) is 1. The highest BCUT2D eigenvalue weighted by Crippen LogP contribution is 2.26. The van der Waals surface area contributed by atoms with E-state index in [0.29, 0.717) is 16.5 Å². The van der Waals surface area contributed by atoms with Gasteiger partial charge in [-0.2, -0.15) is 0 Å². The first-order chi connectivity index (χ1) is 8.72. The Bertz CT molecular complexity index is 584. The Hall–Kier alpha value is -1.49. The zero-order valence-corrected chi connectivity index (χ0v) is 11.1. The molecule has 1 heterocycles. The molecule has 1 N–H and O–H groups in total. The van der Waals surface area contributed by atoms with Gasteiger partial charge in [-0.05, 0) is 53.0 Å². The fourth-order valence-corrected chi connectivity index (χ4v) is 2.03. The van der Waals surface area contributed by atoms with Crippen molar-refractivity contribution in [3.05, 3.63) is 40.8 Å². The van der Waals surface area contributed by atoms with Crippen molar-refractivity contribution in [2.75, 3.05) is 5.32 Å². The number of nitrogens with zero attached hydrogens (tertiary/aromatic N) is 2. The van der Waals surface area contributed by atoms with Crippen LogP contribution < -0.4 is 5.32 Å². The van der Waals surface area contributed by atoms with E-state index in [-0.39, 0.29) is 5.82 Å². The summed E-state index contributed by atoms with van der Waals surface area (Å²) < 4.78 is 13.6. The fraction of sp³-hybridized carbons (Fsp3) is 0.231. The van der Waals surface area contributed by atoms with Gasteiger partial charge in [0.2, 0.25) is 5.95 Å². The summed E-state index contributed by atoms with van der Waals surface area (Å²) in [5.41, 5.74) is 1.65. The lowest BCUT2D eigenvalue weighted by Gasteiger charge is -2.06. The zero-order valence-electron chi connectivity index (χ0n) is 9.53. The molecule has 0 bridgehead atoms. The van der Waals surface area contributed by atoms with Crippen LogP contribution in [-0.2, 0) is 0 Å². The summed E-state index contributed by atoms with van der Waals surface area (Å²) >= 11 is 3.18. The summed E-state index contributed by atoms with van der Waals surface area (Å²) in [5, 5.41) is 3.24. The predicted octanol–water partition coefficient (Wildman–Crippen LogP) is 3.62. The van der Waals surface area contributed by atoms with E-state index in [1.54, 1.807) is 18.3 Å². The highest BCUT2D eigenvalue weighted by atomic mass is 79.9. The summed E-state index contributed by atoms with van der Waals surface area (Å²) in [6.45, 7) is 0. The summed E-state index contributed by atoms with van der Waals surface area (Å²) in [7, 11) is 0. The summed E-state index contributed by atoms with van der Waals surface area (Å²) in [6, 6.07) is 7.19. The van der Waals surface area contributed by atoms with Crippen molar-refractivity contribution in [3.8, 4) is 11.3 Å². The van der Waals surface area contributed by atoms with E-state index < -0.39 is 0 Å². The first-order valence-corrected chi connectivity index (χ1v) is 6.57. The maximum absolute atomic E-state index is 13.2. The molecule has 0 spiro atoms. The second-order valence-electron chi connectivity index (χ2n) is 4.31. The van der Waals surface area contributed by atoms with Gasteiger partial charge in [0.05, 0.1) is 10.2 Å². The van der Waals surface area contributed by atoms with E-state index in [1.165, 1.54) is 18.9 Å². The standard InChI is InChI=1S/C13H11BrFN3/c14-10-7-8(1-4-11(10)15)12-5-6-16-13(18-12)17-9-2-3-9/h1,4-7,9H,2-3H2,(H,16,17,18). The average Bonchev–Trinajstić information content (AvgIpc) is 3.17. The third-order valence-corrected chi connectivity index (χ3v) is 3.39. The summed E-state index contributed by atoms with van der Waals surface area (Å²) in [5.74, 6) is 0.361. The molecule has 0 amide bonds. The molecule has 92 valence electrons. The molecule has 1 aromatic heterocycles. The smallest absolute Gasteiger partial charge is 0.223 e. The molecule has 1 aliphatic carbocycles. The molecular weight excluding hydrogens is 297 g/mol. The first kappa shape index (κ1) is 11.6. The van der Waals surface area contributed by atoms with E-state index in [4.69, 9.17) is 0 Å². The van der Waals surface area contributed by atoms with Crippen molar-refractivity contribution in [3.63, 3.8) is 0 Å². The molecule has 2 aromatic rings. The molecule has 1 fully saturated rings. The lowest BCUT2D eigenvalue weighted by molar-refractivity contribution is 0.621. The van der Waals surface area contributed by atoms with E-state index in [9.17, 15) is 4.39 Å². The van der Waals surface area contributed by atoms with Gasteiger partial charge in [0, 0.05) is 17.8 Å². The van der Waals surface area contributed by atoms with Gasteiger partial charge >= 0.3 is 0 Å². The molecule has 0 atom stereocenters. The molecule has 3 rings (SSSR count). The van der Waals surface area contributed by atoms with Crippen molar-refractivity contribution >= 4 is 21.9 Å². The van der Waals surface area contributed by atoms with Crippen LogP contribution in [0.3, 0.4) is 0 Å². The van der Waals surface area contributed by atoms with E-state index in [0.717, 1.165) is 11.3 Å². The van der Waals surface area contributed by atoms with Crippen LogP contribution in [0.15, 0.2) is 34.9 Å². The second kappa shape index (κ2) is 4.65. The lowest BCUT2D eigenvalue weighted by Crippen LogP contribution is -2.05. The fourth-order valence-electron chi connectivity index (χ4n) is 1.65. The minimum absolute atomic E-state index is 0.274. The summed E-state index contributed by atoms with van der Waals surface area (Å²) in [4.78, 5) is 8.61. The molecule has 5 heteroatoms. The van der Waals surface area contributed by atoms with Crippen LogP contribution in [0.4, 0.5) is 10.3 Å². The van der Waals surface area contributed by atoms with Crippen LogP contribution in [0, 0.1) is 5.82 Å². The Morgan fingerprint density at radius 2 is 2.11 bits per heavy atom. The maximum Gasteiger partial charge on any atom is 0.223 e. The number of hydrogen-bond donors (Lipinski definition) is 1. The Morgan fingerprint density at radius 3 is 2.83 bits per heavy atom. The Morgan fingerprint density at radius 1 is 1.28 bits per heavy atom. The molecule has 1 aromatic carbocycles. The highest BCUT2D eigenvalue weighted by Gasteiger charge is 2.21. The molecule has 1 aliphatic rings. The van der Waals surface area contributed by atoms with Crippen molar-refractivity contribution in [2.24, 2.45) is 0 Å². The van der Waals surface area contributed by atoms with Crippen molar-refractivity contribution < 1.29 is 4.39 Å². The predicted molar refractivity (Wildman–Crippen MR) is 71.8 cm³/mol. The van der Waals surface area contributed by atoms with Gasteiger partial charge < -0.3 is 5.32 Å². The normalized spacial score (nSPS) is 14.6. The molecular formula is C13H11BrFN3. The lowest BCUT2D eigenvalue weighted by atomic mass is 10.1. The first-order valence-electron chi connectivity index (χ1n) is 5.77. The van der Waals surface area contributed by atoms with E-state index >= 15 is 0 Å². The number of halogens is 2. The third-order valence-electron chi connectivity index (χ3n) is 2.78. The van der Waals surface area contributed by atoms with Gasteiger partial charge in [0.1, 0.15) is 5.82 Å². The van der Waals surface area contributed by atoms with Gasteiger partial charge in [0.15, 0.2) is 0 Å². The molecule has 18 heavy (non-hydrogen) atoms. The number of aromatic nitrogens is 2. The molecule has 0 aliphatic heterocycles. The Kier molecular flexibility index (Phi) is 2.99. The van der Waals surface area contributed by atoms with Gasteiger partial charge in [-0.25, -0.2) is 14.4 Å². The maximum atomic E-state index is 13.2. The minimum atomic E-state index is -0.274. The van der Waals surface area contributed by atoms with Crippen LogP contribution in [0.2, 0.25) is 0 Å². The molecule has 1 saturated carbocycles. The average molecular weight is 308 g/mol. The SMILES string of the molecule is Fc1ccc(-c2ccnc(NC3CC3)n2)cc1Br. The number of rotatable bonds is 3. The van der Waals surface area contributed by atoms with Gasteiger partial charge in [0.25, 0.3) is 0 Å².